The molecule has 1 aromatic heterocycles. The first-order valence-corrected chi connectivity index (χ1v) is 8.76. The van der Waals surface area contributed by atoms with Gasteiger partial charge >= 0.3 is 0 Å². The molecule has 3 rings (SSSR count). The summed E-state index contributed by atoms with van der Waals surface area (Å²) < 4.78 is 5.31. The molecule has 0 spiro atoms. The average molecular weight is 329 g/mol. The maximum atomic E-state index is 12.5. The SMILES string of the molecule is C[C@H](CCc1ccco1)NC(=O)c1cccc2c1SCCC2=O. The Balaban J connectivity index is 1.66. The molecule has 0 aliphatic carbocycles. The van der Waals surface area contributed by atoms with Crippen molar-refractivity contribution in [3.8, 4) is 0 Å². The third kappa shape index (κ3) is 3.67. The number of benzene rings is 1. The molecular weight excluding hydrogens is 310 g/mol. The van der Waals surface area contributed by atoms with Crippen molar-refractivity contribution in [1.29, 1.82) is 0 Å². The lowest BCUT2D eigenvalue weighted by Gasteiger charge is -2.19. The van der Waals surface area contributed by atoms with Gasteiger partial charge in [-0.25, -0.2) is 0 Å². The van der Waals surface area contributed by atoms with Crippen LogP contribution in [-0.2, 0) is 6.42 Å². The molecule has 0 unspecified atom stereocenters. The molecule has 5 heteroatoms. The van der Waals surface area contributed by atoms with Crippen molar-refractivity contribution < 1.29 is 14.0 Å². The van der Waals surface area contributed by atoms with Crippen LogP contribution >= 0.6 is 11.8 Å². The van der Waals surface area contributed by atoms with Gasteiger partial charge in [0.15, 0.2) is 5.78 Å². The van der Waals surface area contributed by atoms with E-state index in [0.29, 0.717) is 17.5 Å². The molecule has 120 valence electrons. The summed E-state index contributed by atoms with van der Waals surface area (Å²) in [7, 11) is 0. The lowest BCUT2D eigenvalue weighted by Crippen LogP contribution is -2.33. The number of carbonyl (C=O) groups excluding carboxylic acids is 2. The highest BCUT2D eigenvalue weighted by Gasteiger charge is 2.23. The number of rotatable bonds is 5. The van der Waals surface area contributed by atoms with Gasteiger partial charge in [0.25, 0.3) is 5.91 Å². The Morgan fingerprint density at radius 2 is 2.22 bits per heavy atom. The third-order valence-corrected chi connectivity index (χ3v) is 5.05. The number of amides is 1. The second-order valence-electron chi connectivity index (χ2n) is 5.70. The van der Waals surface area contributed by atoms with Gasteiger partial charge in [-0.2, -0.15) is 0 Å². The quantitative estimate of drug-likeness (QED) is 0.908. The molecule has 1 aromatic carbocycles. The molecule has 23 heavy (non-hydrogen) atoms. The van der Waals surface area contributed by atoms with E-state index in [1.54, 1.807) is 36.2 Å². The van der Waals surface area contributed by atoms with E-state index in [-0.39, 0.29) is 17.7 Å². The largest absolute Gasteiger partial charge is 0.469 e. The molecule has 1 atom stereocenters. The Hall–Kier alpha value is -2.01. The molecule has 0 saturated heterocycles. The number of furan rings is 1. The smallest absolute Gasteiger partial charge is 0.252 e. The second kappa shape index (κ2) is 7.04. The minimum atomic E-state index is -0.115. The van der Waals surface area contributed by atoms with Gasteiger partial charge in [0, 0.05) is 35.1 Å². The highest BCUT2D eigenvalue weighted by molar-refractivity contribution is 7.99. The summed E-state index contributed by atoms with van der Waals surface area (Å²) in [5, 5.41) is 3.02. The van der Waals surface area contributed by atoms with Crippen LogP contribution in [0, 0.1) is 0 Å². The molecular formula is C18H19NO3S. The van der Waals surface area contributed by atoms with Crippen LogP contribution in [0.4, 0.5) is 0 Å². The number of aryl methyl sites for hydroxylation is 1. The Morgan fingerprint density at radius 1 is 1.35 bits per heavy atom. The highest BCUT2D eigenvalue weighted by atomic mass is 32.2. The number of thioether (sulfide) groups is 1. The molecule has 1 N–H and O–H groups in total. The Labute approximate surface area is 139 Å². The van der Waals surface area contributed by atoms with Gasteiger partial charge in [-0.3, -0.25) is 9.59 Å². The predicted molar refractivity (Wildman–Crippen MR) is 90.1 cm³/mol. The zero-order valence-electron chi connectivity index (χ0n) is 13.0. The minimum absolute atomic E-state index is 0.0350. The van der Waals surface area contributed by atoms with E-state index in [9.17, 15) is 9.59 Å². The summed E-state index contributed by atoms with van der Waals surface area (Å²) in [5.41, 5.74) is 1.28. The summed E-state index contributed by atoms with van der Waals surface area (Å²) in [6.07, 6.45) is 3.79. The topological polar surface area (TPSA) is 59.3 Å². The zero-order valence-corrected chi connectivity index (χ0v) is 13.8. The van der Waals surface area contributed by atoms with E-state index in [1.165, 1.54) is 0 Å². The monoisotopic (exact) mass is 329 g/mol. The third-order valence-electron chi connectivity index (χ3n) is 3.92. The molecule has 4 nitrogen and oxygen atoms in total. The molecule has 1 aliphatic rings. The van der Waals surface area contributed by atoms with Gasteiger partial charge in [-0.15, -0.1) is 11.8 Å². The van der Waals surface area contributed by atoms with Gasteiger partial charge in [-0.05, 0) is 31.5 Å². The standard InChI is InChI=1S/C18H19NO3S/c1-12(7-8-13-4-3-10-22-13)19-18(21)15-6-2-5-14-16(20)9-11-23-17(14)15/h2-6,10,12H,7-9,11H2,1H3,(H,19,21)/t12-/m1/s1. The summed E-state index contributed by atoms with van der Waals surface area (Å²) >= 11 is 1.59. The van der Waals surface area contributed by atoms with Crippen molar-refractivity contribution in [1.82, 2.24) is 5.32 Å². The lowest BCUT2D eigenvalue weighted by atomic mass is 10.0. The lowest BCUT2D eigenvalue weighted by molar-refractivity contribution is 0.0935. The molecule has 0 saturated carbocycles. The summed E-state index contributed by atoms with van der Waals surface area (Å²) in [4.78, 5) is 25.3. The second-order valence-corrected chi connectivity index (χ2v) is 6.80. The van der Waals surface area contributed by atoms with E-state index < -0.39 is 0 Å². The van der Waals surface area contributed by atoms with Gasteiger partial charge in [0.2, 0.25) is 0 Å². The first kappa shape index (κ1) is 15.9. The molecule has 1 aliphatic heterocycles. The molecule has 2 heterocycles. The average Bonchev–Trinajstić information content (AvgIpc) is 3.06. The Kier molecular flexibility index (Phi) is 4.86. The number of Topliss-reactive ketones (excluding diaryl/α,β-unsaturated/α-hetero) is 1. The number of carbonyl (C=O) groups is 2. The van der Waals surface area contributed by atoms with Crippen molar-refractivity contribution in [2.45, 2.75) is 37.1 Å². The Bertz CT molecular complexity index is 709. The molecule has 0 bridgehead atoms. The summed E-state index contributed by atoms with van der Waals surface area (Å²) in [6.45, 7) is 1.98. The van der Waals surface area contributed by atoms with Crippen molar-refractivity contribution in [2.24, 2.45) is 0 Å². The maximum Gasteiger partial charge on any atom is 0.252 e. The van der Waals surface area contributed by atoms with E-state index in [0.717, 1.165) is 29.3 Å². The van der Waals surface area contributed by atoms with Crippen LogP contribution in [0.1, 0.15) is 46.2 Å². The highest BCUT2D eigenvalue weighted by Crippen LogP contribution is 2.33. The van der Waals surface area contributed by atoms with E-state index >= 15 is 0 Å². The number of nitrogens with one attached hydrogen (secondary N) is 1. The minimum Gasteiger partial charge on any atom is -0.469 e. The number of ketones is 1. The van der Waals surface area contributed by atoms with Crippen molar-refractivity contribution in [3.63, 3.8) is 0 Å². The summed E-state index contributed by atoms with van der Waals surface area (Å²) in [5.74, 6) is 1.67. The van der Waals surface area contributed by atoms with Crippen LogP contribution in [0.5, 0.6) is 0 Å². The normalized spacial score (nSPS) is 15.1. The number of hydrogen-bond acceptors (Lipinski definition) is 4. The van der Waals surface area contributed by atoms with Crippen molar-refractivity contribution >= 4 is 23.5 Å². The zero-order chi connectivity index (χ0) is 16.2. The Morgan fingerprint density at radius 3 is 3.00 bits per heavy atom. The molecule has 1 amide bonds. The van der Waals surface area contributed by atoms with Gasteiger partial charge < -0.3 is 9.73 Å². The van der Waals surface area contributed by atoms with Gasteiger partial charge in [0.1, 0.15) is 5.76 Å². The first-order chi connectivity index (χ1) is 11.1. The van der Waals surface area contributed by atoms with E-state index in [2.05, 4.69) is 5.32 Å². The van der Waals surface area contributed by atoms with Crippen LogP contribution in [0.25, 0.3) is 0 Å². The fraction of sp³-hybridized carbons (Fsp3) is 0.333. The van der Waals surface area contributed by atoms with Crippen molar-refractivity contribution in [2.75, 3.05) is 5.75 Å². The van der Waals surface area contributed by atoms with Gasteiger partial charge in [0.05, 0.1) is 11.8 Å². The van der Waals surface area contributed by atoms with Crippen LogP contribution in [0.15, 0.2) is 45.9 Å². The fourth-order valence-electron chi connectivity index (χ4n) is 2.66. The maximum absolute atomic E-state index is 12.5. The van der Waals surface area contributed by atoms with Crippen LogP contribution < -0.4 is 5.32 Å². The fourth-order valence-corrected chi connectivity index (χ4v) is 3.80. The van der Waals surface area contributed by atoms with Crippen LogP contribution in [-0.4, -0.2) is 23.5 Å². The van der Waals surface area contributed by atoms with E-state index in [4.69, 9.17) is 4.42 Å². The summed E-state index contributed by atoms with van der Waals surface area (Å²) in [6, 6.07) is 9.21. The molecule has 0 radical (unpaired) electrons. The number of fused-ring (bicyclic) bond motifs is 1. The van der Waals surface area contributed by atoms with E-state index in [1.807, 2.05) is 19.1 Å². The molecule has 2 aromatic rings. The van der Waals surface area contributed by atoms with Crippen LogP contribution in [0.3, 0.4) is 0 Å². The number of hydrogen-bond donors (Lipinski definition) is 1. The van der Waals surface area contributed by atoms with Crippen LogP contribution in [0.2, 0.25) is 0 Å². The predicted octanol–water partition coefficient (Wildman–Crippen LogP) is 3.71. The molecule has 0 fully saturated rings. The van der Waals surface area contributed by atoms with Crippen molar-refractivity contribution in [3.05, 3.63) is 53.5 Å². The van der Waals surface area contributed by atoms with Gasteiger partial charge in [-0.1, -0.05) is 12.1 Å². The first-order valence-electron chi connectivity index (χ1n) is 7.77.